The third-order valence-corrected chi connectivity index (χ3v) is 6.07. The van der Waals surface area contributed by atoms with Gasteiger partial charge in [0.1, 0.15) is 35.9 Å². The minimum absolute atomic E-state index is 0.428. The Bertz CT molecular complexity index is 1130. The van der Waals surface area contributed by atoms with Crippen LogP contribution >= 0.6 is 0 Å². The summed E-state index contributed by atoms with van der Waals surface area (Å²) < 4.78 is 17.1. The number of ether oxygens (including phenoxy) is 3. The van der Waals surface area contributed by atoms with Gasteiger partial charge in [0, 0.05) is 12.8 Å². The number of aromatic amines is 1. The lowest BCUT2D eigenvalue weighted by Gasteiger charge is -2.39. The molecule has 1 aromatic heterocycles. The lowest BCUT2D eigenvalue weighted by atomic mass is 9.99. The van der Waals surface area contributed by atoms with Crippen LogP contribution in [0.25, 0.3) is 10.9 Å². The first-order chi connectivity index (χ1) is 15.4. The van der Waals surface area contributed by atoms with E-state index in [-0.39, 0.29) is 0 Å². The van der Waals surface area contributed by atoms with Crippen molar-refractivity contribution in [3.8, 4) is 11.5 Å². The molecule has 2 aromatic carbocycles. The zero-order chi connectivity index (χ0) is 22.4. The number of rotatable bonds is 5. The Morgan fingerprint density at radius 1 is 1.12 bits per heavy atom. The van der Waals surface area contributed by atoms with Gasteiger partial charge in [-0.05, 0) is 41.8 Å². The molecular weight excluding hydrogens is 416 g/mol. The monoisotopic (exact) mass is 442 g/mol. The molecule has 9 nitrogen and oxygen atoms in total. The van der Waals surface area contributed by atoms with Gasteiger partial charge in [0.2, 0.25) is 6.29 Å². The molecule has 1 fully saturated rings. The molecular formula is C23H26N2O7. The molecule has 0 saturated carbocycles. The van der Waals surface area contributed by atoms with E-state index >= 15 is 0 Å². The minimum atomic E-state index is -1.51. The minimum Gasteiger partial charge on any atom is -0.493 e. The molecule has 2 aliphatic heterocycles. The molecule has 9 heteroatoms. The van der Waals surface area contributed by atoms with E-state index in [1.807, 2.05) is 25.1 Å². The first-order valence-electron chi connectivity index (χ1n) is 10.6. The Hall–Kier alpha value is -2.69. The first-order valence-corrected chi connectivity index (χ1v) is 10.6. The summed E-state index contributed by atoms with van der Waals surface area (Å²) in [5.74, 6) is 1.35. The van der Waals surface area contributed by atoms with Gasteiger partial charge in [-0.25, -0.2) is 0 Å². The van der Waals surface area contributed by atoms with E-state index in [2.05, 4.69) is 16.3 Å². The third kappa shape index (κ3) is 3.72. The fourth-order valence-electron chi connectivity index (χ4n) is 4.37. The summed E-state index contributed by atoms with van der Waals surface area (Å²) in [6, 6.07) is 9.85. The van der Waals surface area contributed by atoms with Crippen LogP contribution in [-0.2, 0) is 17.6 Å². The fraction of sp³-hybridized carbons (Fsp3) is 0.435. The number of hydrogen-bond donors (Lipinski definition) is 5. The van der Waals surface area contributed by atoms with Crippen LogP contribution in [0.2, 0.25) is 0 Å². The molecule has 5 unspecified atom stereocenters. The summed E-state index contributed by atoms with van der Waals surface area (Å²) in [4.78, 5) is 0. The van der Waals surface area contributed by atoms with Crippen LogP contribution in [0.15, 0.2) is 30.3 Å². The summed E-state index contributed by atoms with van der Waals surface area (Å²) in [7, 11) is 0. The highest BCUT2D eigenvalue weighted by molar-refractivity contribution is 5.88. The molecule has 5 rings (SSSR count). The van der Waals surface area contributed by atoms with Crippen molar-refractivity contribution < 1.29 is 34.6 Å². The molecule has 5 atom stereocenters. The lowest BCUT2D eigenvalue weighted by Crippen LogP contribution is -2.60. The van der Waals surface area contributed by atoms with Crippen molar-refractivity contribution >= 4 is 10.9 Å². The number of nitrogens with zero attached hydrogens (tertiary/aromatic N) is 1. The van der Waals surface area contributed by atoms with Crippen molar-refractivity contribution in [2.45, 2.75) is 50.5 Å². The molecule has 0 spiro atoms. The summed E-state index contributed by atoms with van der Waals surface area (Å²) in [6.07, 6.45) is -5.29. The van der Waals surface area contributed by atoms with E-state index < -0.39 is 37.3 Å². The second kappa shape index (κ2) is 8.34. The molecule has 32 heavy (non-hydrogen) atoms. The number of H-pyrrole nitrogens is 1. The van der Waals surface area contributed by atoms with Gasteiger partial charge in [0.05, 0.1) is 29.8 Å². The Morgan fingerprint density at radius 2 is 1.97 bits per heavy atom. The predicted molar refractivity (Wildman–Crippen MR) is 114 cm³/mol. The van der Waals surface area contributed by atoms with Crippen molar-refractivity contribution in [2.24, 2.45) is 0 Å². The quantitative estimate of drug-likeness (QED) is 0.387. The van der Waals surface area contributed by atoms with Crippen LogP contribution < -0.4 is 9.47 Å². The molecule has 5 N–H and O–H groups in total. The van der Waals surface area contributed by atoms with E-state index in [4.69, 9.17) is 14.2 Å². The molecule has 2 aliphatic rings. The predicted octanol–water partition coefficient (Wildman–Crippen LogP) is 0.576. The average Bonchev–Trinajstić information content (AvgIpc) is 3.40. The summed E-state index contributed by atoms with van der Waals surface area (Å²) in [5.41, 5.74) is 4.70. The second-order valence-corrected chi connectivity index (χ2v) is 8.39. The number of aliphatic hydroxyl groups excluding tert-OH is 4. The molecule has 0 bridgehead atoms. The maximum atomic E-state index is 10.4. The van der Waals surface area contributed by atoms with Gasteiger partial charge in [0.25, 0.3) is 0 Å². The van der Waals surface area contributed by atoms with Crippen LogP contribution in [0.4, 0.5) is 0 Å². The van der Waals surface area contributed by atoms with Crippen LogP contribution in [0.1, 0.15) is 22.4 Å². The van der Waals surface area contributed by atoms with Crippen molar-refractivity contribution in [3.63, 3.8) is 0 Å². The van der Waals surface area contributed by atoms with Gasteiger partial charge in [-0.15, -0.1) is 0 Å². The molecule has 3 heterocycles. The van der Waals surface area contributed by atoms with E-state index in [9.17, 15) is 20.4 Å². The maximum absolute atomic E-state index is 10.4. The summed E-state index contributed by atoms with van der Waals surface area (Å²) in [5, 5.41) is 48.2. The molecule has 0 radical (unpaired) electrons. The SMILES string of the molecule is Cc1cc(OC2OC(CO)C(O)C(O)C2O)c2c(Cc3ccc4c(c3)CCO4)[nH]nc2c1. The number of aromatic nitrogens is 2. The Morgan fingerprint density at radius 3 is 2.78 bits per heavy atom. The van der Waals surface area contributed by atoms with Crippen LogP contribution in [0.3, 0.4) is 0 Å². The van der Waals surface area contributed by atoms with Crippen molar-refractivity contribution in [2.75, 3.05) is 13.2 Å². The summed E-state index contributed by atoms with van der Waals surface area (Å²) in [6.45, 7) is 2.07. The highest BCUT2D eigenvalue weighted by Crippen LogP contribution is 2.34. The van der Waals surface area contributed by atoms with Gasteiger partial charge in [0.15, 0.2) is 0 Å². The zero-order valence-electron chi connectivity index (χ0n) is 17.6. The molecule has 3 aromatic rings. The lowest BCUT2D eigenvalue weighted by molar-refractivity contribution is -0.277. The number of benzene rings is 2. The van der Waals surface area contributed by atoms with Crippen molar-refractivity contribution in [1.29, 1.82) is 0 Å². The molecule has 0 aliphatic carbocycles. The molecule has 1 saturated heterocycles. The van der Waals surface area contributed by atoms with Gasteiger partial charge in [-0.1, -0.05) is 12.1 Å². The van der Waals surface area contributed by atoms with E-state index in [0.717, 1.165) is 34.4 Å². The highest BCUT2D eigenvalue weighted by Gasteiger charge is 2.45. The average molecular weight is 442 g/mol. The van der Waals surface area contributed by atoms with Gasteiger partial charge >= 0.3 is 0 Å². The molecule has 0 amide bonds. The second-order valence-electron chi connectivity index (χ2n) is 8.39. The summed E-state index contributed by atoms with van der Waals surface area (Å²) >= 11 is 0. The Balaban J connectivity index is 1.47. The number of hydrogen-bond acceptors (Lipinski definition) is 8. The third-order valence-electron chi connectivity index (χ3n) is 6.07. The zero-order valence-corrected chi connectivity index (χ0v) is 17.6. The fourth-order valence-corrected chi connectivity index (χ4v) is 4.37. The van der Waals surface area contributed by atoms with Crippen LogP contribution in [-0.4, -0.2) is 74.5 Å². The van der Waals surface area contributed by atoms with Crippen molar-refractivity contribution in [1.82, 2.24) is 10.2 Å². The van der Waals surface area contributed by atoms with E-state index in [0.29, 0.717) is 24.3 Å². The topological polar surface area (TPSA) is 137 Å². The largest absolute Gasteiger partial charge is 0.493 e. The number of fused-ring (bicyclic) bond motifs is 2. The maximum Gasteiger partial charge on any atom is 0.229 e. The number of aryl methyl sites for hydroxylation is 1. The normalized spacial score (nSPS) is 27.3. The standard InChI is InChI=1S/C23H26N2O7/c1-11-6-14-19(15(25-24-14)9-12-2-3-16-13(8-12)4-5-30-16)17(7-11)31-23-22(29)21(28)20(27)18(10-26)32-23/h2-3,6-8,18,20-23,26-29H,4-5,9-10H2,1H3,(H,24,25). The van der Waals surface area contributed by atoms with Crippen LogP contribution in [0.5, 0.6) is 11.5 Å². The van der Waals surface area contributed by atoms with E-state index in [1.165, 1.54) is 5.56 Å². The Labute approximate surface area is 184 Å². The highest BCUT2D eigenvalue weighted by atomic mass is 16.7. The number of nitrogens with one attached hydrogen (secondary N) is 1. The van der Waals surface area contributed by atoms with Crippen molar-refractivity contribution in [3.05, 3.63) is 52.7 Å². The molecule has 170 valence electrons. The first kappa shape index (κ1) is 21.2. The van der Waals surface area contributed by atoms with E-state index in [1.54, 1.807) is 6.07 Å². The number of aliphatic hydroxyl groups is 4. The van der Waals surface area contributed by atoms with Gasteiger partial charge < -0.3 is 34.6 Å². The smallest absolute Gasteiger partial charge is 0.229 e. The van der Waals surface area contributed by atoms with Gasteiger partial charge in [-0.3, -0.25) is 5.10 Å². The Kier molecular flexibility index (Phi) is 5.52. The van der Waals surface area contributed by atoms with Gasteiger partial charge in [-0.2, -0.15) is 5.10 Å². The van der Waals surface area contributed by atoms with Crippen LogP contribution in [0, 0.1) is 6.92 Å².